The second-order valence-electron chi connectivity index (χ2n) is 4.34. The number of carboxylic acid groups (broad SMARTS) is 1. The highest BCUT2D eigenvalue weighted by atomic mass is 32.2. The number of benzene rings is 2. The van der Waals surface area contributed by atoms with Crippen LogP contribution in [0.1, 0.15) is 15.9 Å². The molecule has 0 aromatic heterocycles. The van der Waals surface area contributed by atoms with Gasteiger partial charge in [0.2, 0.25) is 9.84 Å². The van der Waals surface area contributed by atoms with E-state index in [1.807, 2.05) is 6.92 Å². The van der Waals surface area contributed by atoms with Gasteiger partial charge in [-0.3, -0.25) is 0 Å². The Morgan fingerprint density at radius 1 is 1.10 bits per heavy atom. The monoisotopic (exact) mass is 291 g/mol. The van der Waals surface area contributed by atoms with Crippen LogP contribution in [-0.2, 0) is 9.84 Å². The predicted molar refractivity (Wildman–Crippen MR) is 74.4 cm³/mol. The number of hydrogen-bond donors (Lipinski definition) is 2. The standard InChI is InChI=1S/C14H13NO4S/c1-9-5-7-10(8-6-9)20(18,19)12-4-2-3-11(13(12)15)14(16)17/h2-8H,15H2,1H3,(H,16,17). The molecule has 2 rings (SSSR count). The third-order valence-corrected chi connectivity index (χ3v) is 4.75. The number of aromatic carboxylic acids is 1. The minimum Gasteiger partial charge on any atom is -0.478 e. The summed E-state index contributed by atoms with van der Waals surface area (Å²) >= 11 is 0. The molecule has 0 unspecified atom stereocenters. The van der Waals surface area contributed by atoms with Gasteiger partial charge in [0.25, 0.3) is 0 Å². The maximum absolute atomic E-state index is 12.5. The van der Waals surface area contributed by atoms with Crippen molar-refractivity contribution in [3.8, 4) is 0 Å². The van der Waals surface area contributed by atoms with E-state index in [-0.39, 0.29) is 21.0 Å². The van der Waals surface area contributed by atoms with Crippen LogP contribution in [0.25, 0.3) is 0 Å². The third kappa shape index (κ3) is 2.37. The SMILES string of the molecule is Cc1ccc(S(=O)(=O)c2cccc(C(=O)O)c2N)cc1. The summed E-state index contributed by atoms with van der Waals surface area (Å²) in [6.45, 7) is 1.84. The van der Waals surface area contributed by atoms with Crippen molar-refractivity contribution in [3.05, 3.63) is 53.6 Å². The lowest BCUT2D eigenvalue weighted by molar-refractivity contribution is 0.0698. The maximum Gasteiger partial charge on any atom is 0.337 e. The highest BCUT2D eigenvalue weighted by Crippen LogP contribution is 2.28. The van der Waals surface area contributed by atoms with Crippen LogP contribution >= 0.6 is 0 Å². The lowest BCUT2D eigenvalue weighted by atomic mass is 10.2. The number of carbonyl (C=O) groups is 1. The Labute approximate surface area is 116 Å². The number of nitrogen functional groups attached to an aromatic ring is 1. The topological polar surface area (TPSA) is 97.5 Å². The van der Waals surface area contributed by atoms with Gasteiger partial charge in [0.1, 0.15) is 0 Å². The van der Waals surface area contributed by atoms with E-state index < -0.39 is 15.8 Å². The van der Waals surface area contributed by atoms with Crippen LogP contribution in [-0.4, -0.2) is 19.5 Å². The lowest BCUT2D eigenvalue weighted by Gasteiger charge is -2.09. The molecule has 0 saturated carbocycles. The highest BCUT2D eigenvalue weighted by Gasteiger charge is 2.23. The number of sulfone groups is 1. The van der Waals surface area contributed by atoms with Crippen molar-refractivity contribution >= 4 is 21.5 Å². The molecular weight excluding hydrogens is 278 g/mol. The van der Waals surface area contributed by atoms with Crippen molar-refractivity contribution in [2.75, 3.05) is 5.73 Å². The molecule has 6 heteroatoms. The summed E-state index contributed by atoms with van der Waals surface area (Å²) in [7, 11) is -3.83. The normalized spacial score (nSPS) is 11.2. The minimum atomic E-state index is -3.83. The summed E-state index contributed by atoms with van der Waals surface area (Å²) in [6, 6.07) is 10.2. The zero-order valence-corrected chi connectivity index (χ0v) is 11.5. The molecule has 3 N–H and O–H groups in total. The third-order valence-electron chi connectivity index (χ3n) is 2.92. The van der Waals surface area contributed by atoms with Gasteiger partial charge >= 0.3 is 5.97 Å². The predicted octanol–water partition coefficient (Wildman–Crippen LogP) is 2.11. The minimum absolute atomic E-state index is 0.0809. The molecule has 2 aromatic rings. The van der Waals surface area contributed by atoms with Crippen LogP contribution in [0, 0.1) is 6.92 Å². The lowest BCUT2D eigenvalue weighted by Crippen LogP contribution is -2.10. The van der Waals surface area contributed by atoms with Crippen LogP contribution in [0.15, 0.2) is 52.3 Å². The summed E-state index contributed by atoms with van der Waals surface area (Å²) in [6.07, 6.45) is 0. The van der Waals surface area contributed by atoms with Crippen molar-refractivity contribution in [2.45, 2.75) is 16.7 Å². The molecule has 0 aliphatic rings. The Bertz CT molecular complexity index is 764. The fourth-order valence-corrected chi connectivity index (χ4v) is 3.21. The average Bonchev–Trinajstić information content (AvgIpc) is 2.38. The first-order chi connectivity index (χ1) is 9.34. The largest absolute Gasteiger partial charge is 0.478 e. The van der Waals surface area contributed by atoms with E-state index in [9.17, 15) is 13.2 Å². The van der Waals surface area contributed by atoms with Gasteiger partial charge < -0.3 is 10.8 Å². The zero-order chi connectivity index (χ0) is 14.9. The summed E-state index contributed by atoms with van der Waals surface area (Å²) < 4.78 is 24.9. The summed E-state index contributed by atoms with van der Waals surface area (Å²) in [5.41, 5.74) is 6.13. The molecule has 0 bridgehead atoms. The van der Waals surface area contributed by atoms with E-state index in [1.54, 1.807) is 12.1 Å². The number of rotatable bonds is 3. The van der Waals surface area contributed by atoms with Crippen LogP contribution in [0.3, 0.4) is 0 Å². The van der Waals surface area contributed by atoms with Gasteiger partial charge in [-0.25, -0.2) is 13.2 Å². The van der Waals surface area contributed by atoms with Gasteiger partial charge in [0.05, 0.1) is 21.0 Å². The second kappa shape index (κ2) is 4.97. The Kier molecular flexibility index (Phi) is 3.50. The van der Waals surface area contributed by atoms with Crippen molar-refractivity contribution in [3.63, 3.8) is 0 Å². The molecule has 5 nitrogen and oxygen atoms in total. The van der Waals surface area contributed by atoms with E-state index >= 15 is 0 Å². The van der Waals surface area contributed by atoms with Gasteiger partial charge in [0, 0.05) is 0 Å². The smallest absolute Gasteiger partial charge is 0.337 e. The van der Waals surface area contributed by atoms with Crippen molar-refractivity contribution in [1.29, 1.82) is 0 Å². The van der Waals surface area contributed by atoms with Crippen LogP contribution < -0.4 is 5.73 Å². The van der Waals surface area contributed by atoms with Crippen molar-refractivity contribution in [1.82, 2.24) is 0 Å². The molecule has 0 heterocycles. The van der Waals surface area contributed by atoms with Crippen molar-refractivity contribution in [2.24, 2.45) is 0 Å². The number of nitrogens with two attached hydrogens (primary N) is 1. The van der Waals surface area contributed by atoms with E-state index in [4.69, 9.17) is 10.8 Å². The van der Waals surface area contributed by atoms with Crippen molar-refractivity contribution < 1.29 is 18.3 Å². The van der Waals surface area contributed by atoms with E-state index in [2.05, 4.69) is 0 Å². The van der Waals surface area contributed by atoms with Gasteiger partial charge in [0.15, 0.2) is 0 Å². The molecule has 0 amide bonds. The first-order valence-electron chi connectivity index (χ1n) is 5.77. The molecule has 20 heavy (non-hydrogen) atoms. The highest BCUT2D eigenvalue weighted by molar-refractivity contribution is 7.91. The molecule has 104 valence electrons. The number of aryl methyl sites for hydroxylation is 1. The Hall–Kier alpha value is -2.34. The average molecular weight is 291 g/mol. The summed E-state index contributed by atoms with van der Waals surface area (Å²) in [4.78, 5) is 10.9. The molecule has 0 aliphatic heterocycles. The molecule has 0 fully saturated rings. The Balaban J connectivity index is 2.64. The van der Waals surface area contributed by atoms with Crippen LogP contribution in [0.4, 0.5) is 5.69 Å². The van der Waals surface area contributed by atoms with Gasteiger partial charge in [-0.05, 0) is 31.2 Å². The fraction of sp³-hybridized carbons (Fsp3) is 0.0714. The maximum atomic E-state index is 12.5. The van der Waals surface area contributed by atoms with Crippen LogP contribution in [0.2, 0.25) is 0 Å². The van der Waals surface area contributed by atoms with E-state index in [0.29, 0.717) is 0 Å². The molecule has 2 aromatic carbocycles. The fourth-order valence-electron chi connectivity index (χ4n) is 1.81. The molecule has 0 atom stereocenters. The summed E-state index contributed by atoms with van der Waals surface area (Å²) in [5, 5.41) is 8.99. The molecular formula is C14H13NO4S. The first-order valence-corrected chi connectivity index (χ1v) is 7.26. The number of hydrogen-bond acceptors (Lipinski definition) is 4. The Morgan fingerprint density at radius 2 is 1.70 bits per heavy atom. The number of anilines is 1. The summed E-state index contributed by atoms with van der Waals surface area (Å²) in [5.74, 6) is -1.26. The number of para-hydroxylation sites is 1. The van der Waals surface area contributed by atoms with E-state index in [1.165, 1.54) is 30.3 Å². The molecule has 0 aliphatic carbocycles. The Morgan fingerprint density at radius 3 is 2.25 bits per heavy atom. The van der Waals surface area contributed by atoms with E-state index in [0.717, 1.165) is 5.56 Å². The molecule has 0 radical (unpaired) electrons. The quantitative estimate of drug-likeness (QED) is 0.844. The zero-order valence-electron chi connectivity index (χ0n) is 10.7. The van der Waals surface area contributed by atoms with Gasteiger partial charge in [-0.1, -0.05) is 23.8 Å². The number of carboxylic acids is 1. The molecule has 0 saturated heterocycles. The first kappa shape index (κ1) is 14.1. The van der Waals surface area contributed by atoms with Crippen LogP contribution in [0.5, 0.6) is 0 Å². The van der Waals surface area contributed by atoms with Gasteiger partial charge in [-0.2, -0.15) is 0 Å². The second-order valence-corrected chi connectivity index (χ2v) is 6.26. The molecule has 0 spiro atoms. The van der Waals surface area contributed by atoms with Gasteiger partial charge in [-0.15, -0.1) is 0 Å².